The molecule has 0 radical (unpaired) electrons. The van der Waals surface area contributed by atoms with Crippen molar-refractivity contribution in [3.8, 4) is 5.75 Å². The van der Waals surface area contributed by atoms with Crippen molar-refractivity contribution in [3.05, 3.63) is 58.1 Å². The summed E-state index contributed by atoms with van der Waals surface area (Å²) in [7, 11) is 0. The number of hydrogen-bond acceptors (Lipinski definition) is 2. The highest BCUT2D eigenvalue weighted by Crippen LogP contribution is 2.23. The molecule has 0 aliphatic heterocycles. The van der Waals surface area contributed by atoms with Crippen molar-refractivity contribution in [1.82, 2.24) is 0 Å². The van der Waals surface area contributed by atoms with Crippen molar-refractivity contribution < 1.29 is 9.53 Å². The third-order valence-electron chi connectivity index (χ3n) is 3.18. The van der Waals surface area contributed by atoms with Gasteiger partial charge in [0.2, 0.25) is 0 Å². The van der Waals surface area contributed by atoms with E-state index < -0.39 is 0 Å². The maximum Gasteiger partial charge on any atom is 0.255 e. The van der Waals surface area contributed by atoms with Crippen LogP contribution in [0.5, 0.6) is 5.75 Å². The molecule has 0 heterocycles. The van der Waals surface area contributed by atoms with Crippen LogP contribution < -0.4 is 10.1 Å². The molecule has 2 aromatic carbocycles. The molecular formula is C18H19Cl2NO2. The average molecular weight is 352 g/mol. The minimum atomic E-state index is -0.238. The van der Waals surface area contributed by atoms with Crippen molar-refractivity contribution in [3.63, 3.8) is 0 Å². The topological polar surface area (TPSA) is 38.3 Å². The SMILES string of the molecule is CC(C)CCOc1cccc(C(=O)Nc2cc(Cl)cc(Cl)c2)c1. The van der Waals surface area contributed by atoms with E-state index >= 15 is 0 Å². The smallest absolute Gasteiger partial charge is 0.255 e. The van der Waals surface area contributed by atoms with Gasteiger partial charge in [-0.05, 0) is 48.7 Å². The van der Waals surface area contributed by atoms with Gasteiger partial charge in [0.05, 0.1) is 6.61 Å². The molecule has 0 aliphatic carbocycles. The first-order valence-electron chi connectivity index (χ1n) is 7.44. The Hall–Kier alpha value is -1.71. The number of carbonyl (C=O) groups is 1. The fraction of sp³-hybridized carbons (Fsp3) is 0.278. The van der Waals surface area contributed by atoms with E-state index in [1.165, 1.54) is 0 Å². The van der Waals surface area contributed by atoms with Gasteiger partial charge in [0.25, 0.3) is 5.91 Å². The quantitative estimate of drug-likeness (QED) is 0.727. The number of anilines is 1. The molecule has 2 rings (SSSR count). The first-order chi connectivity index (χ1) is 10.9. The largest absolute Gasteiger partial charge is 0.494 e. The Morgan fingerprint density at radius 2 is 1.83 bits per heavy atom. The fourth-order valence-corrected chi connectivity index (χ4v) is 2.49. The third-order valence-corrected chi connectivity index (χ3v) is 3.62. The zero-order chi connectivity index (χ0) is 16.8. The zero-order valence-corrected chi connectivity index (χ0v) is 14.6. The van der Waals surface area contributed by atoms with Crippen LogP contribution in [-0.2, 0) is 0 Å². The molecule has 1 N–H and O–H groups in total. The summed E-state index contributed by atoms with van der Waals surface area (Å²) in [6.07, 6.45) is 0.970. The summed E-state index contributed by atoms with van der Waals surface area (Å²) in [5.74, 6) is 1.02. The molecule has 3 nitrogen and oxygen atoms in total. The predicted octanol–water partition coefficient (Wildman–Crippen LogP) is 5.67. The second-order valence-corrected chi connectivity index (χ2v) is 6.54. The summed E-state index contributed by atoms with van der Waals surface area (Å²) in [4.78, 5) is 12.3. The molecule has 0 unspecified atom stereocenters. The molecule has 0 aliphatic rings. The molecule has 122 valence electrons. The van der Waals surface area contributed by atoms with Crippen LogP contribution in [0.2, 0.25) is 10.0 Å². The lowest BCUT2D eigenvalue weighted by Gasteiger charge is -2.10. The monoisotopic (exact) mass is 351 g/mol. The first kappa shape index (κ1) is 17.6. The Kier molecular flexibility index (Phi) is 6.31. The number of amides is 1. The Balaban J connectivity index is 2.04. The highest BCUT2D eigenvalue weighted by molar-refractivity contribution is 6.35. The van der Waals surface area contributed by atoms with Crippen molar-refractivity contribution in [2.45, 2.75) is 20.3 Å². The normalized spacial score (nSPS) is 10.7. The number of nitrogens with one attached hydrogen (secondary N) is 1. The van der Waals surface area contributed by atoms with Crippen molar-refractivity contribution in [2.24, 2.45) is 5.92 Å². The van der Waals surface area contributed by atoms with E-state index in [-0.39, 0.29) is 5.91 Å². The Labute approximate surface area is 146 Å². The van der Waals surface area contributed by atoms with Crippen LogP contribution in [0.3, 0.4) is 0 Å². The molecule has 2 aromatic rings. The van der Waals surface area contributed by atoms with Gasteiger partial charge in [-0.3, -0.25) is 4.79 Å². The van der Waals surface area contributed by atoms with E-state index in [0.29, 0.717) is 39.6 Å². The molecule has 23 heavy (non-hydrogen) atoms. The van der Waals surface area contributed by atoms with Crippen LogP contribution in [0, 0.1) is 5.92 Å². The Bertz CT molecular complexity index is 666. The minimum absolute atomic E-state index is 0.238. The van der Waals surface area contributed by atoms with Gasteiger partial charge in [-0.15, -0.1) is 0 Å². The van der Waals surface area contributed by atoms with Gasteiger partial charge in [-0.2, -0.15) is 0 Å². The molecule has 1 amide bonds. The second-order valence-electron chi connectivity index (χ2n) is 5.67. The number of hydrogen-bond donors (Lipinski definition) is 1. The molecule has 0 atom stereocenters. The van der Waals surface area contributed by atoms with Crippen LogP contribution in [0.15, 0.2) is 42.5 Å². The second kappa shape index (κ2) is 8.23. The van der Waals surface area contributed by atoms with Gasteiger partial charge in [-0.1, -0.05) is 43.1 Å². The lowest BCUT2D eigenvalue weighted by molar-refractivity contribution is 0.102. The highest BCUT2D eigenvalue weighted by atomic mass is 35.5. The van der Waals surface area contributed by atoms with E-state index in [1.54, 1.807) is 36.4 Å². The number of ether oxygens (including phenoxy) is 1. The number of halogens is 2. The highest BCUT2D eigenvalue weighted by Gasteiger charge is 2.08. The molecule has 5 heteroatoms. The van der Waals surface area contributed by atoms with Crippen LogP contribution in [0.25, 0.3) is 0 Å². The Morgan fingerprint density at radius 3 is 2.48 bits per heavy atom. The maximum absolute atomic E-state index is 12.3. The van der Waals surface area contributed by atoms with Crippen molar-refractivity contribution >= 4 is 34.8 Å². The van der Waals surface area contributed by atoms with E-state index in [2.05, 4.69) is 19.2 Å². The molecule has 0 bridgehead atoms. The average Bonchev–Trinajstić information content (AvgIpc) is 2.46. The van der Waals surface area contributed by atoms with E-state index in [4.69, 9.17) is 27.9 Å². The summed E-state index contributed by atoms with van der Waals surface area (Å²) in [5.41, 5.74) is 1.07. The minimum Gasteiger partial charge on any atom is -0.494 e. The fourth-order valence-electron chi connectivity index (χ4n) is 1.97. The van der Waals surface area contributed by atoms with Gasteiger partial charge >= 0.3 is 0 Å². The molecule has 0 saturated carbocycles. The van der Waals surface area contributed by atoms with Gasteiger partial charge in [0.15, 0.2) is 0 Å². The summed E-state index contributed by atoms with van der Waals surface area (Å²) in [6.45, 7) is 4.92. The van der Waals surface area contributed by atoms with Crippen LogP contribution in [-0.4, -0.2) is 12.5 Å². The lowest BCUT2D eigenvalue weighted by atomic mass is 10.1. The number of rotatable bonds is 6. The molecule has 0 fully saturated rings. The Morgan fingerprint density at radius 1 is 1.13 bits per heavy atom. The summed E-state index contributed by atoms with van der Waals surface area (Å²) in [5, 5.41) is 3.72. The third kappa shape index (κ3) is 5.77. The molecule has 0 aromatic heterocycles. The van der Waals surface area contributed by atoms with Crippen LogP contribution in [0.4, 0.5) is 5.69 Å². The van der Waals surface area contributed by atoms with E-state index in [1.807, 2.05) is 6.07 Å². The van der Waals surface area contributed by atoms with Crippen molar-refractivity contribution in [2.75, 3.05) is 11.9 Å². The number of benzene rings is 2. The van der Waals surface area contributed by atoms with Gasteiger partial charge in [0.1, 0.15) is 5.75 Å². The van der Waals surface area contributed by atoms with Gasteiger partial charge in [0, 0.05) is 21.3 Å². The summed E-state index contributed by atoms with van der Waals surface area (Å²) >= 11 is 11.9. The molecule has 0 spiro atoms. The maximum atomic E-state index is 12.3. The van der Waals surface area contributed by atoms with E-state index in [0.717, 1.165) is 6.42 Å². The standard InChI is InChI=1S/C18H19Cl2NO2/c1-12(2)6-7-23-17-5-3-4-13(8-17)18(22)21-16-10-14(19)9-15(20)11-16/h3-5,8-12H,6-7H2,1-2H3,(H,21,22). The van der Waals surface area contributed by atoms with Crippen LogP contribution >= 0.6 is 23.2 Å². The lowest BCUT2D eigenvalue weighted by Crippen LogP contribution is -2.12. The summed E-state index contributed by atoms with van der Waals surface area (Å²) in [6, 6.07) is 12.0. The van der Waals surface area contributed by atoms with E-state index in [9.17, 15) is 4.79 Å². The van der Waals surface area contributed by atoms with Crippen LogP contribution in [0.1, 0.15) is 30.6 Å². The van der Waals surface area contributed by atoms with Gasteiger partial charge < -0.3 is 10.1 Å². The van der Waals surface area contributed by atoms with Crippen molar-refractivity contribution in [1.29, 1.82) is 0 Å². The molecular weight excluding hydrogens is 333 g/mol. The summed E-state index contributed by atoms with van der Waals surface area (Å²) < 4.78 is 5.67. The molecule has 0 saturated heterocycles. The predicted molar refractivity (Wildman–Crippen MR) is 95.8 cm³/mol. The van der Waals surface area contributed by atoms with Gasteiger partial charge in [-0.25, -0.2) is 0 Å². The number of carbonyl (C=O) groups excluding carboxylic acids is 1. The first-order valence-corrected chi connectivity index (χ1v) is 8.20. The zero-order valence-electron chi connectivity index (χ0n) is 13.1.